The summed E-state index contributed by atoms with van der Waals surface area (Å²) >= 11 is 0. The highest BCUT2D eigenvalue weighted by Gasteiger charge is 1.86. The largest absolute Gasteiger partial charge is 0.246 e. The van der Waals surface area contributed by atoms with E-state index >= 15 is 0 Å². The fourth-order valence-electron chi connectivity index (χ4n) is 0.728. The number of allylic oxidation sites excluding steroid dienone is 5. The van der Waals surface area contributed by atoms with Crippen LogP contribution in [0.2, 0.25) is 0 Å². The van der Waals surface area contributed by atoms with Gasteiger partial charge in [0, 0.05) is 12.6 Å². The van der Waals surface area contributed by atoms with Gasteiger partial charge in [0.15, 0.2) is 0 Å². The van der Waals surface area contributed by atoms with E-state index in [1.54, 1.807) is 7.05 Å². The Labute approximate surface area is 55.1 Å². The van der Waals surface area contributed by atoms with E-state index in [9.17, 15) is 0 Å². The molecule has 9 heavy (non-hydrogen) atoms. The van der Waals surface area contributed by atoms with Gasteiger partial charge in [-0.3, -0.25) is 0 Å². The molecule has 0 bridgehead atoms. The first-order chi connectivity index (χ1) is 4.43. The fourth-order valence-corrected chi connectivity index (χ4v) is 0.728. The maximum atomic E-state index is 3.77. The SMILES string of the molecule is CN=C=C1C=CCC=C1. The molecule has 1 rings (SSSR count). The summed E-state index contributed by atoms with van der Waals surface area (Å²) in [5, 5.41) is 0. The van der Waals surface area contributed by atoms with Crippen LogP contribution in [-0.2, 0) is 0 Å². The van der Waals surface area contributed by atoms with E-state index in [2.05, 4.69) is 23.0 Å². The summed E-state index contributed by atoms with van der Waals surface area (Å²) in [4.78, 5) is 3.77. The molecular formula is C8H9N. The highest BCUT2D eigenvalue weighted by molar-refractivity contribution is 5.66. The smallest absolute Gasteiger partial charge is 0.0372 e. The van der Waals surface area contributed by atoms with Crippen molar-refractivity contribution in [3.8, 4) is 0 Å². The Kier molecular flexibility index (Phi) is 2.06. The molecule has 1 nitrogen and oxygen atoms in total. The van der Waals surface area contributed by atoms with E-state index in [-0.39, 0.29) is 0 Å². The molecule has 0 heterocycles. The monoisotopic (exact) mass is 119 g/mol. The van der Waals surface area contributed by atoms with Gasteiger partial charge < -0.3 is 0 Å². The van der Waals surface area contributed by atoms with Gasteiger partial charge in [-0.05, 0) is 24.4 Å². The molecule has 0 saturated carbocycles. The number of rotatable bonds is 0. The molecule has 0 aromatic heterocycles. The number of nitrogens with zero attached hydrogens (tertiary/aromatic N) is 1. The van der Waals surface area contributed by atoms with E-state index in [1.807, 2.05) is 12.2 Å². The van der Waals surface area contributed by atoms with Crippen molar-refractivity contribution in [2.75, 3.05) is 7.05 Å². The van der Waals surface area contributed by atoms with Crippen LogP contribution in [0.4, 0.5) is 0 Å². The van der Waals surface area contributed by atoms with Gasteiger partial charge in [-0.2, -0.15) is 0 Å². The van der Waals surface area contributed by atoms with Gasteiger partial charge in [0.05, 0.1) is 0 Å². The van der Waals surface area contributed by atoms with E-state index in [1.165, 1.54) is 0 Å². The van der Waals surface area contributed by atoms with Crippen LogP contribution >= 0.6 is 0 Å². The molecule has 1 aliphatic rings. The molecule has 0 radical (unpaired) electrons. The average molecular weight is 119 g/mol. The zero-order valence-corrected chi connectivity index (χ0v) is 5.46. The van der Waals surface area contributed by atoms with Crippen LogP contribution in [0.1, 0.15) is 6.42 Å². The molecule has 0 spiro atoms. The minimum atomic E-state index is 1.04. The van der Waals surface area contributed by atoms with Gasteiger partial charge in [-0.1, -0.05) is 12.2 Å². The van der Waals surface area contributed by atoms with Crippen molar-refractivity contribution in [3.05, 3.63) is 29.9 Å². The second-order valence-corrected chi connectivity index (χ2v) is 1.83. The Balaban J connectivity index is 2.83. The molecule has 0 aliphatic heterocycles. The molecule has 1 heteroatoms. The van der Waals surface area contributed by atoms with E-state index in [0.29, 0.717) is 0 Å². The predicted molar refractivity (Wildman–Crippen MR) is 39.8 cm³/mol. The summed E-state index contributed by atoms with van der Waals surface area (Å²) in [7, 11) is 1.73. The van der Waals surface area contributed by atoms with Gasteiger partial charge in [-0.25, -0.2) is 4.99 Å². The Morgan fingerprint density at radius 2 is 2.11 bits per heavy atom. The third-order valence-electron chi connectivity index (χ3n) is 1.11. The van der Waals surface area contributed by atoms with E-state index in [4.69, 9.17) is 0 Å². The summed E-state index contributed by atoms with van der Waals surface area (Å²) in [6.45, 7) is 0. The first-order valence-corrected chi connectivity index (χ1v) is 2.98. The molecule has 0 aromatic carbocycles. The molecule has 0 aromatic rings. The van der Waals surface area contributed by atoms with Gasteiger partial charge in [0.25, 0.3) is 0 Å². The molecule has 0 atom stereocenters. The summed E-state index contributed by atoms with van der Waals surface area (Å²) in [6.07, 6.45) is 9.26. The molecule has 46 valence electrons. The molecule has 0 unspecified atom stereocenters. The summed E-state index contributed by atoms with van der Waals surface area (Å²) < 4.78 is 0. The number of aliphatic imine (C=N–C) groups is 1. The van der Waals surface area contributed by atoms with Gasteiger partial charge in [-0.15, -0.1) is 0 Å². The zero-order chi connectivity index (χ0) is 6.53. The Bertz CT molecular complexity index is 189. The Morgan fingerprint density at radius 1 is 1.44 bits per heavy atom. The summed E-state index contributed by atoms with van der Waals surface area (Å²) in [5.41, 5.74) is 1.06. The van der Waals surface area contributed by atoms with Crippen molar-refractivity contribution in [2.24, 2.45) is 4.99 Å². The topological polar surface area (TPSA) is 12.4 Å². The first kappa shape index (κ1) is 6.06. The standard InChI is InChI=1S/C8H9N/c1-9-7-8-5-3-2-4-6-8/h3-6H,2H2,1H3. The van der Waals surface area contributed by atoms with Crippen molar-refractivity contribution in [1.29, 1.82) is 0 Å². The second kappa shape index (κ2) is 3.06. The van der Waals surface area contributed by atoms with Crippen LogP contribution in [-0.4, -0.2) is 12.9 Å². The number of hydrogen-bond donors (Lipinski definition) is 0. The molecule has 0 saturated heterocycles. The van der Waals surface area contributed by atoms with Crippen molar-refractivity contribution < 1.29 is 0 Å². The quantitative estimate of drug-likeness (QED) is 0.430. The van der Waals surface area contributed by atoms with E-state index in [0.717, 1.165) is 12.0 Å². The third-order valence-corrected chi connectivity index (χ3v) is 1.11. The predicted octanol–water partition coefficient (Wildman–Crippen LogP) is 1.73. The molecular weight excluding hydrogens is 110 g/mol. The van der Waals surface area contributed by atoms with Crippen molar-refractivity contribution in [1.82, 2.24) is 0 Å². The van der Waals surface area contributed by atoms with Crippen molar-refractivity contribution >= 4 is 5.87 Å². The summed E-state index contributed by atoms with van der Waals surface area (Å²) in [5.74, 6) is 2.85. The van der Waals surface area contributed by atoms with Crippen LogP contribution in [0.25, 0.3) is 0 Å². The molecule has 1 aliphatic carbocycles. The lowest BCUT2D eigenvalue weighted by molar-refractivity contribution is 1.35. The lowest BCUT2D eigenvalue weighted by atomic mass is 10.1. The van der Waals surface area contributed by atoms with Crippen LogP contribution < -0.4 is 0 Å². The van der Waals surface area contributed by atoms with Crippen LogP contribution in [0.3, 0.4) is 0 Å². The van der Waals surface area contributed by atoms with Crippen LogP contribution in [0, 0.1) is 0 Å². The first-order valence-electron chi connectivity index (χ1n) is 2.98. The number of hydrogen-bond acceptors (Lipinski definition) is 1. The average Bonchev–Trinajstić information content (AvgIpc) is 1.91. The minimum absolute atomic E-state index is 1.04. The highest BCUT2D eigenvalue weighted by Crippen LogP contribution is 2.03. The molecule has 0 amide bonds. The fraction of sp³-hybridized carbons (Fsp3) is 0.250. The second-order valence-electron chi connectivity index (χ2n) is 1.83. The third kappa shape index (κ3) is 1.71. The van der Waals surface area contributed by atoms with Crippen LogP contribution in [0.15, 0.2) is 34.9 Å². The van der Waals surface area contributed by atoms with Crippen molar-refractivity contribution in [2.45, 2.75) is 6.42 Å². The molecule has 0 fully saturated rings. The lowest BCUT2D eigenvalue weighted by Gasteiger charge is -1.92. The Hall–Kier alpha value is -1.07. The van der Waals surface area contributed by atoms with Gasteiger partial charge >= 0.3 is 0 Å². The zero-order valence-electron chi connectivity index (χ0n) is 5.46. The normalized spacial score (nSPS) is 15.4. The van der Waals surface area contributed by atoms with Crippen molar-refractivity contribution in [3.63, 3.8) is 0 Å². The lowest BCUT2D eigenvalue weighted by Crippen LogP contribution is -1.77. The Morgan fingerprint density at radius 3 is 2.67 bits per heavy atom. The molecule has 0 N–H and O–H groups in total. The maximum absolute atomic E-state index is 3.77. The minimum Gasteiger partial charge on any atom is -0.246 e. The summed E-state index contributed by atoms with van der Waals surface area (Å²) in [6, 6.07) is 0. The van der Waals surface area contributed by atoms with Gasteiger partial charge in [0.2, 0.25) is 0 Å². The van der Waals surface area contributed by atoms with Crippen LogP contribution in [0.5, 0.6) is 0 Å². The van der Waals surface area contributed by atoms with Gasteiger partial charge in [0.1, 0.15) is 0 Å². The van der Waals surface area contributed by atoms with E-state index < -0.39 is 0 Å². The maximum Gasteiger partial charge on any atom is 0.0372 e. The highest BCUT2D eigenvalue weighted by atomic mass is 14.6.